The molecule has 194 valence electrons. The van der Waals surface area contributed by atoms with Crippen LogP contribution in [0.5, 0.6) is 0 Å². The van der Waals surface area contributed by atoms with Crippen molar-refractivity contribution in [3.8, 4) is 22.3 Å². The molecule has 8 nitrogen and oxygen atoms in total. The molecule has 3 heterocycles. The molecule has 5 rings (SSSR count). The number of halogens is 2. The summed E-state index contributed by atoms with van der Waals surface area (Å²) in [6.45, 7) is 1.49. The van der Waals surface area contributed by atoms with Gasteiger partial charge < -0.3 is 26.7 Å². The third-order valence-electron chi connectivity index (χ3n) is 6.20. The van der Waals surface area contributed by atoms with Crippen molar-refractivity contribution in [2.75, 3.05) is 44.0 Å². The Morgan fingerprint density at radius 2 is 1.82 bits per heavy atom. The molecule has 0 radical (unpaired) electrons. The van der Waals surface area contributed by atoms with Crippen molar-refractivity contribution in [2.24, 2.45) is 0 Å². The fourth-order valence-corrected chi connectivity index (χ4v) is 4.34. The van der Waals surface area contributed by atoms with E-state index in [1.54, 1.807) is 24.5 Å². The summed E-state index contributed by atoms with van der Waals surface area (Å²) in [4.78, 5) is 18.4. The van der Waals surface area contributed by atoms with Crippen LogP contribution in [-0.2, 0) is 6.42 Å². The number of rotatable bonds is 8. The molecule has 0 bridgehead atoms. The topological polar surface area (TPSA) is 122 Å². The fraction of sp³-hybridized carbons (Fsp3) is 0.179. The van der Waals surface area contributed by atoms with Crippen LogP contribution in [0, 0.1) is 11.6 Å². The van der Waals surface area contributed by atoms with Gasteiger partial charge in [-0.1, -0.05) is 0 Å². The molecule has 0 atom stereocenters. The van der Waals surface area contributed by atoms with Gasteiger partial charge in [-0.3, -0.25) is 4.98 Å². The van der Waals surface area contributed by atoms with Gasteiger partial charge in [0.15, 0.2) is 5.65 Å². The zero-order chi connectivity index (χ0) is 26.8. The second-order valence-electron chi connectivity index (χ2n) is 9.41. The summed E-state index contributed by atoms with van der Waals surface area (Å²) < 4.78 is 29.3. The number of aromatic nitrogens is 4. The maximum absolute atomic E-state index is 14.8. The minimum atomic E-state index is -0.538. The number of nitrogens with one attached hydrogen (secondary N) is 2. The Morgan fingerprint density at radius 1 is 0.974 bits per heavy atom. The lowest BCUT2D eigenvalue weighted by molar-refractivity contribution is 0.425. The Morgan fingerprint density at radius 3 is 2.61 bits per heavy atom. The molecular weight excluding hydrogens is 486 g/mol. The number of fused-ring (bicyclic) bond motifs is 1. The first kappa shape index (κ1) is 25.1. The number of imidazole rings is 1. The average molecular weight is 515 g/mol. The van der Waals surface area contributed by atoms with Crippen LogP contribution in [0.15, 0.2) is 61.1 Å². The highest BCUT2D eigenvalue weighted by Gasteiger charge is 2.15. The smallest absolute Gasteiger partial charge is 0.178 e. The lowest BCUT2D eigenvalue weighted by atomic mass is 10.0. The summed E-state index contributed by atoms with van der Waals surface area (Å²) >= 11 is 0. The monoisotopic (exact) mass is 514 g/mol. The number of nitrogen functional groups attached to an aromatic ring is 2. The second-order valence-corrected chi connectivity index (χ2v) is 9.41. The Hall–Kier alpha value is -4.57. The third-order valence-corrected chi connectivity index (χ3v) is 6.20. The van der Waals surface area contributed by atoms with Crippen molar-refractivity contribution in [1.82, 2.24) is 24.8 Å². The summed E-state index contributed by atoms with van der Waals surface area (Å²) in [5.74, 6) is -0.339. The number of hydrogen-bond donors (Lipinski definition) is 4. The summed E-state index contributed by atoms with van der Waals surface area (Å²) in [7, 11) is 3.96. The number of aromatic amines is 1. The highest BCUT2D eigenvalue weighted by atomic mass is 19.1. The van der Waals surface area contributed by atoms with E-state index < -0.39 is 5.82 Å². The lowest BCUT2D eigenvalue weighted by Crippen LogP contribution is -2.20. The van der Waals surface area contributed by atoms with Crippen LogP contribution in [0.25, 0.3) is 33.4 Å². The standard InChI is InChI=1S/C28H28F2N8/c1-38(2)6-5-34-22-10-17(8-20(29)13-22)23-3-4-35-28-27(23)36-25(37-28)12-18-7-16(11-24(30)26(18)32)19-9-21(31)15-33-14-19/h3-4,7-11,13-15,34H,5-6,12,31-32H2,1-2H3,(H,35,36,37). The molecule has 0 aliphatic carbocycles. The lowest BCUT2D eigenvalue weighted by Gasteiger charge is -2.13. The van der Waals surface area contributed by atoms with E-state index >= 15 is 0 Å². The zero-order valence-electron chi connectivity index (χ0n) is 21.1. The number of benzene rings is 2. The molecule has 5 aromatic rings. The average Bonchev–Trinajstić information content (AvgIpc) is 3.28. The molecule has 0 unspecified atom stereocenters. The van der Waals surface area contributed by atoms with Gasteiger partial charge in [-0.05, 0) is 73.3 Å². The minimum Gasteiger partial charge on any atom is -0.397 e. The molecule has 3 aromatic heterocycles. The van der Waals surface area contributed by atoms with Crippen LogP contribution in [0.4, 0.5) is 25.8 Å². The van der Waals surface area contributed by atoms with E-state index in [1.807, 2.05) is 31.1 Å². The Balaban J connectivity index is 1.48. The first-order valence-electron chi connectivity index (χ1n) is 12.1. The number of anilines is 3. The summed E-state index contributed by atoms with van der Waals surface area (Å²) in [5, 5.41) is 3.26. The highest BCUT2D eigenvalue weighted by molar-refractivity contribution is 5.90. The fourth-order valence-electron chi connectivity index (χ4n) is 4.34. The number of pyridine rings is 2. The van der Waals surface area contributed by atoms with Gasteiger partial charge in [-0.15, -0.1) is 0 Å². The third kappa shape index (κ3) is 5.40. The first-order valence-corrected chi connectivity index (χ1v) is 12.1. The van der Waals surface area contributed by atoms with Gasteiger partial charge in [-0.2, -0.15) is 0 Å². The van der Waals surface area contributed by atoms with Crippen LogP contribution in [0.2, 0.25) is 0 Å². The molecule has 2 aromatic carbocycles. The molecule has 0 aliphatic rings. The van der Waals surface area contributed by atoms with Crippen LogP contribution in [0.1, 0.15) is 11.4 Å². The molecule has 0 saturated heterocycles. The molecular formula is C28H28F2N8. The molecule has 0 amide bonds. The van der Waals surface area contributed by atoms with Crippen molar-refractivity contribution in [2.45, 2.75) is 6.42 Å². The van der Waals surface area contributed by atoms with E-state index in [2.05, 4.69) is 25.3 Å². The predicted octanol–water partition coefficient (Wildman–Crippen LogP) is 4.69. The molecule has 38 heavy (non-hydrogen) atoms. The predicted molar refractivity (Wildman–Crippen MR) is 148 cm³/mol. The quantitative estimate of drug-likeness (QED) is 0.222. The maximum atomic E-state index is 14.8. The Labute approximate surface area is 218 Å². The van der Waals surface area contributed by atoms with Gasteiger partial charge in [0, 0.05) is 54.9 Å². The van der Waals surface area contributed by atoms with Gasteiger partial charge >= 0.3 is 0 Å². The highest BCUT2D eigenvalue weighted by Crippen LogP contribution is 2.31. The normalized spacial score (nSPS) is 11.4. The number of hydrogen-bond acceptors (Lipinski definition) is 7. The van der Waals surface area contributed by atoms with Crippen LogP contribution >= 0.6 is 0 Å². The van der Waals surface area contributed by atoms with E-state index in [9.17, 15) is 8.78 Å². The molecule has 6 N–H and O–H groups in total. The van der Waals surface area contributed by atoms with Gasteiger partial charge in [-0.25, -0.2) is 18.7 Å². The van der Waals surface area contributed by atoms with E-state index in [1.165, 1.54) is 24.4 Å². The van der Waals surface area contributed by atoms with Gasteiger partial charge in [0.1, 0.15) is 17.5 Å². The second kappa shape index (κ2) is 10.4. The van der Waals surface area contributed by atoms with Crippen LogP contribution in [0.3, 0.4) is 0 Å². The van der Waals surface area contributed by atoms with Gasteiger partial charge in [0.2, 0.25) is 0 Å². The molecule has 0 spiro atoms. The van der Waals surface area contributed by atoms with Crippen molar-refractivity contribution >= 4 is 28.2 Å². The number of H-pyrrole nitrogens is 1. The van der Waals surface area contributed by atoms with Crippen molar-refractivity contribution in [3.63, 3.8) is 0 Å². The first-order chi connectivity index (χ1) is 18.3. The summed E-state index contributed by atoms with van der Waals surface area (Å²) in [5.41, 5.74) is 17.5. The van der Waals surface area contributed by atoms with Crippen LogP contribution < -0.4 is 16.8 Å². The minimum absolute atomic E-state index is 0.0396. The van der Waals surface area contributed by atoms with Crippen molar-refractivity contribution in [1.29, 1.82) is 0 Å². The van der Waals surface area contributed by atoms with Crippen molar-refractivity contribution < 1.29 is 8.78 Å². The Kier molecular flexibility index (Phi) is 6.89. The summed E-state index contributed by atoms with van der Waals surface area (Å²) in [6, 6.07) is 11.5. The van der Waals surface area contributed by atoms with E-state index in [4.69, 9.17) is 11.5 Å². The molecule has 10 heteroatoms. The maximum Gasteiger partial charge on any atom is 0.178 e. The van der Waals surface area contributed by atoms with E-state index in [-0.39, 0.29) is 17.9 Å². The zero-order valence-corrected chi connectivity index (χ0v) is 21.1. The molecule has 0 saturated carbocycles. The molecule has 0 fully saturated rings. The van der Waals surface area contributed by atoms with Gasteiger partial charge in [0.25, 0.3) is 0 Å². The number of likely N-dealkylation sites (N-methyl/N-ethyl adjacent to an activating group) is 1. The van der Waals surface area contributed by atoms with Crippen LogP contribution in [-0.4, -0.2) is 52.0 Å². The van der Waals surface area contributed by atoms with Gasteiger partial charge in [0.05, 0.1) is 16.9 Å². The van der Waals surface area contributed by atoms with E-state index in [0.29, 0.717) is 57.2 Å². The largest absolute Gasteiger partial charge is 0.397 e. The number of nitrogens with zero attached hydrogens (tertiary/aromatic N) is 4. The van der Waals surface area contributed by atoms with E-state index in [0.717, 1.165) is 12.1 Å². The number of nitrogens with two attached hydrogens (primary N) is 2. The van der Waals surface area contributed by atoms with Crippen molar-refractivity contribution in [3.05, 3.63) is 84.1 Å². The SMILES string of the molecule is CN(C)CCNc1cc(F)cc(-c2ccnc3nc(Cc4cc(-c5cncc(N)c5)cc(F)c4N)[nH]c23)c1. The summed E-state index contributed by atoms with van der Waals surface area (Å²) in [6.07, 6.45) is 5.01. The Bertz CT molecular complexity index is 1610. The molecule has 0 aliphatic heterocycles.